The first-order chi connectivity index (χ1) is 8.83. The van der Waals surface area contributed by atoms with Crippen molar-refractivity contribution in [2.75, 3.05) is 5.32 Å². The number of rotatable bonds is 2. The minimum absolute atomic E-state index is 0.204. The number of hydrogen-bond acceptors (Lipinski definition) is 2. The fraction of sp³-hybridized carbons (Fsp3) is 0. The van der Waals surface area contributed by atoms with Crippen molar-refractivity contribution in [2.24, 2.45) is 0 Å². The summed E-state index contributed by atoms with van der Waals surface area (Å²) in [5, 5.41) is 7.02. The molecule has 4 nitrogen and oxygen atoms in total. The topological polar surface area (TPSA) is 46.4 Å². The van der Waals surface area contributed by atoms with Gasteiger partial charge in [-0.25, -0.2) is 4.52 Å². The van der Waals surface area contributed by atoms with E-state index in [-0.39, 0.29) is 5.91 Å². The van der Waals surface area contributed by atoms with Crippen molar-refractivity contribution < 1.29 is 4.79 Å². The Bertz CT molecular complexity index is 655. The number of amides is 1. The van der Waals surface area contributed by atoms with E-state index >= 15 is 0 Å². The summed E-state index contributed by atoms with van der Waals surface area (Å²) in [5.41, 5.74) is 2.07. The Balaban J connectivity index is 1.88. The summed E-state index contributed by atoms with van der Waals surface area (Å²) in [7, 11) is 0. The second-order valence-electron chi connectivity index (χ2n) is 3.92. The van der Waals surface area contributed by atoms with Crippen LogP contribution in [0, 0.1) is 0 Å². The fourth-order valence-electron chi connectivity index (χ4n) is 1.77. The summed E-state index contributed by atoms with van der Waals surface area (Å²) in [6, 6.07) is 16.8. The molecular formula is C14H11N3O. The zero-order valence-corrected chi connectivity index (χ0v) is 9.58. The third-order valence-corrected chi connectivity index (χ3v) is 2.63. The van der Waals surface area contributed by atoms with Crippen LogP contribution in [0.3, 0.4) is 0 Å². The van der Waals surface area contributed by atoms with Crippen molar-refractivity contribution in [3.63, 3.8) is 0 Å². The molecule has 0 spiro atoms. The Morgan fingerprint density at radius 2 is 1.83 bits per heavy atom. The number of fused-ring (bicyclic) bond motifs is 1. The molecule has 0 aliphatic rings. The van der Waals surface area contributed by atoms with Gasteiger partial charge in [0.25, 0.3) is 5.91 Å². The van der Waals surface area contributed by atoms with Gasteiger partial charge < -0.3 is 5.32 Å². The van der Waals surface area contributed by atoms with Gasteiger partial charge in [-0.3, -0.25) is 4.79 Å². The molecule has 0 aliphatic heterocycles. The van der Waals surface area contributed by atoms with Crippen molar-refractivity contribution in [3.05, 3.63) is 66.5 Å². The van der Waals surface area contributed by atoms with E-state index in [4.69, 9.17) is 0 Å². The Morgan fingerprint density at radius 3 is 2.61 bits per heavy atom. The summed E-state index contributed by atoms with van der Waals surface area (Å²) in [5.74, 6) is -0.204. The first-order valence-electron chi connectivity index (χ1n) is 5.64. The lowest BCUT2D eigenvalue weighted by molar-refractivity contribution is 0.102. The number of anilines is 1. The van der Waals surface area contributed by atoms with Gasteiger partial charge in [-0.1, -0.05) is 24.3 Å². The van der Waals surface area contributed by atoms with Crippen LogP contribution < -0.4 is 5.32 Å². The highest BCUT2D eigenvalue weighted by Gasteiger charge is 2.10. The molecule has 1 amide bonds. The number of para-hydroxylation sites is 1. The highest BCUT2D eigenvalue weighted by Crippen LogP contribution is 2.10. The number of carbonyl (C=O) groups excluding carboxylic acids is 1. The first-order valence-corrected chi connectivity index (χ1v) is 5.64. The number of carbonyl (C=O) groups is 1. The van der Waals surface area contributed by atoms with Crippen LogP contribution in [0.25, 0.3) is 5.52 Å². The zero-order valence-electron chi connectivity index (χ0n) is 9.58. The number of nitrogens with one attached hydrogen (secondary N) is 1. The van der Waals surface area contributed by atoms with Gasteiger partial charge in [-0.15, -0.1) is 0 Å². The maximum absolute atomic E-state index is 12.0. The Kier molecular flexibility index (Phi) is 2.53. The summed E-state index contributed by atoms with van der Waals surface area (Å²) in [6.07, 6.45) is 1.81. The predicted molar refractivity (Wildman–Crippen MR) is 69.6 cm³/mol. The molecule has 88 valence electrons. The molecular weight excluding hydrogens is 226 g/mol. The normalized spacial score (nSPS) is 10.4. The molecule has 0 fully saturated rings. The number of pyridine rings is 1. The highest BCUT2D eigenvalue weighted by molar-refractivity contribution is 6.03. The summed E-state index contributed by atoms with van der Waals surface area (Å²) < 4.78 is 1.68. The summed E-state index contributed by atoms with van der Waals surface area (Å²) in [4.78, 5) is 12.0. The van der Waals surface area contributed by atoms with E-state index in [9.17, 15) is 4.79 Å². The van der Waals surface area contributed by atoms with Crippen LogP contribution in [-0.2, 0) is 0 Å². The molecule has 3 aromatic rings. The van der Waals surface area contributed by atoms with Crippen LogP contribution in [0.5, 0.6) is 0 Å². The van der Waals surface area contributed by atoms with Crippen LogP contribution in [-0.4, -0.2) is 15.5 Å². The van der Waals surface area contributed by atoms with E-state index in [0.717, 1.165) is 11.2 Å². The summed E-state index contributed by atoms with van der Waals surface area (Å²) in [6.45, 7) is 0. The molecule has 0 bridgehead atoms. The van der Waals surface area contributed by atoms with Crippen LogP contribution in [0.1, 0.15) is 10.5 Å². The maximum atomic E-state index is 12.0. The lowest BCUT2D eigenvalue weighted by Crippen LogP contribution is -2.12. The molecule has 2 heterocycles. The Hall–Kier alpha value is -2.62. The zero-order chi connectivity index (χ0) is 12.4. The molecule has 1 aromatic carbocycles. The molecule has 18 heavy (non-hydrogen) atoms. The van der Waals surface area contributed by atoms with Gasteiger partial charge >= 0.3 is 0 Å². The minimum Gasteiger partial charge on any atom is -0.321 e. The number of hydrogen-bond donors (Lipinski definition) is 1. The van der Waals surface area contributed by atoms with E-state index in [1.54, 1.807) is 10.6 Å². The lowest BCUT2D eigenvalue weighted by atomic mass is 10.3. The SMILES string of the molecule is O=C(Nc1ccccc1)c1cc2ccccn2n1. The van der Waals surface area contributed by atoms with Gasteiger partial charge in [-0.05, 0) is 30.3 Å². The summed E-state index contributed by atoms with van der Waals surface area (Å²) >= 11 is 0. The molecule has 0 unspecified atom stereocenters. The minimum atomic E-state index is -0.204. The van der Waals surface area contributed by atoms with Gasteiger partial charge in [0.15, 0.2) is 5.69 Å². The third-order valence-electron chi connectivity index (χ3n) is 2.63. The molecule has 0 radical (unpaired) electrons. The maximum Gasteiger partial charge on any atom is 0.276 e. The van der Waals surface area contributed by atoms with E-state index in [1.165, 1.54) is 0 Å². The molecule has 4 heteroatoms. The van der Waals surface area contributed by atoms with Gasteiger partial charge in [0.1, 0.15) is 0 Å². The van der Waals surface area contributed by atoms with Crippen LogP contribution in [0.2, 0.25) is 0 Å². The quantitative estimate of drug-likeness (QED) is 0.744. The Labute approximate surface area is 104 Å². The molecule has 0 atom stereocenters. The number of nitrogens with zero attached hydrogens (tertiary/aromatic N) is 2. The average Bonchev–Trinajstić information content (AvgIpc) is 2.84. The third kappa shape index (κ3) is 1.96. The number of benzene rings is 1. The van der Waals surface area contributed by atoms with E-state index in [0.29, 0.717) is 5.69 Å². The molecule has 1 N–H and O–H groups in total. The van der Waals surface area contributed by atoms with Gasteiger partial charge in [0, 0.05) is 11.9 Å². The smallest absolute Gasteiger partial charge is 0.276 e. The standard InChI is InChI=1S/C14H11N3O/c18-14(15-11-6-2-1-3-7-11)13-10-12-8-4-5-9-17(12)16-13/h1-10H,(H,15,18). The monoisotopic (exact) mass is 237 g/mol. The van der Waals surface area contributed by atoms with Crippen LogP contribution in [0.15, 0.2) is 60.8 Å². The van der Waals surface area contributed by atoms with Crippen molar-refractivity contribution in [2.45, 2.75) is 0 Å². The first kappa shape index (κ1) is 10.5. The van der Waals surface area contributed by atoms with Gasteiger partial charge in [-0.2, -0.15) is 5.10 Å². The molecule has 0 saturated carbocycles. The van der Waals surface area contributed by atoms with Gasteiger partial charge in [0.05, 0.1) is 5.52 Å². The molecule has 0 saturated heterocycles. The highest BCUT2D eigenvalue weighted by atomic mass is 16.1. The second kappa shape index (κ2) is 4.33. The van der Waals surface area contributed by atoms with Gasteiger partial charge in [0.2, 0.25) is 0 Å². The van der Waals surface area contributed by atoms with E-state index < -0.39 is 0 Å². The number of aromatic nitrogens is 2. The molecule has 3 rings (SSSR count). The lowest BCUT2D eigenvalue weighted by Gasteiger charge is -2.01. The van der Waals surface area contributed by atoms with Crippen LogP contribution in [0.4, 0.5) is 5.69 Å². The van der Waals surface area contributed by atoms with Crippen molar-refractivity contribution >= 4 is 17.1 Å². The van der Waals surface area contributed by atoms with Crippen LogP contribution >= 0.6 is 0 Å². The van der Waals surface area contributed by atoms with Crippen molar-refractivity contribution in [3.8, 4) is 0 Å². The average molecular weight is 237 g/mol. The van der Waals surface area contributed by atoms with E-state index in [1.807, 2.05) is 54.7 Å². The predicted octanol–water partition coefficient (Wildman–Crippen LogP) is 2.59. The Morgan fingerprint density at radius 1 is 1.06 bits per heavy atom. The van der Waals surface area contributed by atoms with E-state index in [2.05, 4.69) is 10.4 Å². The van der Waals surface area contributed by atoms with Crippen molar-refractivity contribution in [1.82, 2.24) is 9.61 Å². The second-order valence-corrected chi connectivity index (χ2v) is 3.92. The van der Waals surface area contributed by atoms with Crippen molar-refractivity contribution in [1.29, 1.82) is 0 Å². The molecule has 2 aromatic heterocycles. The fourth-order valence-corrected chi connectivity index (χ4v) is 1.77. The molecule has 0 aliphatic carbocycles. The largest absolute Gasteiger partial charge is 0.321 e.